The van der Waals surface area contributed by atoms with Crippen LogP contribution >= 0.6 is 11.3 Å². The molecule has 26 heavy (non-hydrogen) atoms. The second-order valence-electron chi connectivity index (χ2n) is 6.32. The number of hydrogen-bond donors (Lipinski definition) is 0. The highest BCUT2D eigenvalue weighted by atomic mass is 32.1. The molecule has 0 bridgehead atoms. The summed E-state index contributed by atoms with van der Waals surface area (Å²) in [7, 11) is 1.63. The lowest BCUT2D eigenvalue weighted by molar-refractivity contribution is -0.155. The van der Waals surface area contributed by atoms with E-state index in [4.69, 9.17) is 4.74 Å². The molecule has 0 N–H and O–H groups in total. The number of nitrogens with zero attached hydrogens (tertiary/aromatic N) is 3. The number of piperazine rings is 1. The third-order valence-corrected chi connectivity index (χ3v) is 5.50. The van der Waals surface area contributed by atoms with Crippen LogP contribution in [0.25, 0.3) is 10.6 Å². The molecular formula is C19H23N3O3S. The number of methoxy groups -OCH3 is 1. The van der Waals surface area contributed by atoms with E-state index in [0.29, 0.717) is 13.1 Å². The van der Waals surface area contributed by atoms with E-state index in [9.17, 15) is 9.59 Å². The van der Waals surface area contributed by atoms with Gasteiger partial charge in [-0.1, -0.05) is 19.1 Å². The van der Waals surface area contributed by atoms with E-state index in [-0.39, 0.29) is 18.4 Å². The van der Waals surface area contributed by atoms with E-state index >= 15 is 0 Å². The van der Waals surface area contributed by atoms with Crippen LogP contribution in [0.15, 0.2) is 30.5 Å². The van der Waals surface area contributed by atoms with Crippen LogP contribution in [-0.2, 0) is 16.1 Å². The van der Waals surface area contributed by atoms with Gasteiger partial charge in [-0.15, -0.1) is 11.3 Å². The van der Waals surface area contributed by atoms with Gasteiger partial charge in [0.05, 0.1) is 20.2 Å². The molecule has 138 valence electrons. The summed E-state index contributed by atoms with van der Waals surface area (Å²) in [6.07, 6.45) is 2.63. The van der Waals surface area contributed by atoms with Gasteiger partial charge < -0.3 is 14.5 Å². The zero-order valence-corrected chi connectivity index (χ0v) is 16.1. The van der Waals surface area contributed by atoms with E-state index < -0.39 is 6.04 Å². The summed E-state index contributed by atoms with van der Waals surface area (Å²) in [5.41, 5.74) is 0.976. The van der Waals surface area contributed by atoms with Crippen molar-refractivity contribution in [3.8, 4) is 16.3 Å². The quantitative estimate of drug-likeness (QED) is 0.781. The smallest absolute Gasteiger partial charge is 0.245 e. The van der Waals surface area contributed by atoms with Crippen molar-refractivity contribution in [3.05, 3.63) is 35.3 Å². The Morgan fingerprint density at radius 1 is 1.35 bits per heavy atom. The van der Waals surface area contributed by atoms with Gasteiger partial charge >= 0.3 is 0 Å². The maximum absolute atomic E-state index is 12.5. The fraction of sp³-hybridized carbons (Fsp3) is 0.421. The molecule has 2 amide bonds. The molecule has 3 rings (SSSR count). The second kappa shape index (κ2) is 7.86. The Morgan fingerprint density at radius 2 is 2.15 bits per heavy atom. The Labute approximate surface area is 157 Å². The fourth-order valence-electron chi connectivity index (χ4n) is 3.07. The highest BCUT2D eigenvalue weighted by molar-refractivity contribution is 7.15. The fourth-order valence-corrected chi connectivity index (χ4v) is 3.98. The Bertz CT molecular complexity index is 805. The van der Waals surface area contributed by atoms with Crippen molar-refractivity contribution in [2.45, 2.75) is 32.9 Å². The van der Waals surface area contributed by atoms with Crippen LogP contribution < -0.4 is 4.74 Å². The first-order valence-electron chi connectivity index (χ1n) is 8.71. The first-order valence-corrected chi connectivity index (χ1v) is 9.52. The van der Waals surface area contributed by atoms with Crippen molar-refractivity contribution >= 4 is 23.2 Å². The van der Waals surface area contributed by atoms with Crippen LogP contribution in [0.1, 0.15) is 25.1 Å². The maximum Gasteiger partial charge on any atom is 0.245 e. The lowest BCUT2D eigenvalue weighted by atomic mass is 10.1. The van der Waals surface area contributed by atoms with Gasteiger partial charge in [0.25, 0.3) is 0 Å². The molecule has 1 aliphatic rings. The summed E-state index contributed by atoms with van der Waals surface area (Å²) < 4.78 is 5.26. The lowest BCUT2D eigenvalue weighted by Gasteiger charge is -2.38. The van der Waals surface area contributed by atoms with Crippen molar-refractivity contribution in [2.24, 2.45) is 0 Å². The summed E-state index contributed by atoms with van der Waals surface area (Å²) >= 11 is 1.53. The van der Waals surface area contributed by atoms with Gasteiger partial charge in [-0.05, 0) is 25.5 Å². The summed E-state index contributed by atoms with van der Waals surface area (Å²) in [5.74, 6) is 0.784. The molecule has 0 spiro atoms. The largest absolute Gasteiger partial charge is 0.497 e. The lowest BCUT2D eigenvalue weighted by Crippen LogP contribution is -2.58. The average molecular weight is 373 g/mol. The van der Waals surface area contributed by atoms with Crippen molar-refractivity contribution in [3.63, 3.8) is 0 Å². The van der Waals surface area contributed by atoms with Crippen molar-refractivity contribution < 1.29 is 14.3 Å². The van der Waals surface area contributed by atoms with Crippen LogP contribution in [0.2, 0.25) is 0 Å². The Morgan fingerprint density at radius 3 is 2.88 bits per heavy atom. The van der Waals surface area contributed by atoms with E-state index in [1.807, 2.05) is 31.2 Å². The molecule has 1 fully saturated rings. The number of benzene rings is 1. The molecule has 1 aromatic heterocycles. The topological polar surface area (TPSA) is 62.7 Å². The molecule has 6 nitrogen and oxygen atoms in total. The molecular weight excluding hydrogens is 350 g/mol. The molecule has 0 saturated carbocycles. The highest BCUT2D eigenvalue weighted by Gasteiger charge is 2.36. The Kier molecular flexibility index (Phi) is 5.56. The number of thiazole rings is 1. The number of carbonyl (C=O) groups is 2. The maximum atomic E-state index is 12.5. The molecule has 2 heterocycles. The monoisotopic (exact) mass is 373 g/mol. The molecule has 0 radical (unpaired) electrons. The minimum Gasteiger partial charge on any atom is -0.497 e. The first-order chi connectivity index (χ1) is 12.5. The summed E-state index contributed by atoms with van der Waals surface area (Å²) in [5, 5.41) is 0.870. The van der Waals surface area contributed by atoms with E-state index in [0.717, 1.165) is 27.6 Å². The SMILES string of the molecule is CCCN1CC(=O)N(Cc2cnc(-c3cccc(OC)c3)s2)[C@@H](C)C1=O. The molecule has 7 heteroatoms. The molecule has 0 unspecified atom stereocenters. The van der Waals surface area contributed by atoms with Crippen LogP contribution in [0.3, 0.4) is 0 Å². The Hall–Kier alpha value is -2.41. The molecule has 2 aromatic rings. The highest BCUT2D eigenvalue weighted by Crippen LogP contribution is 2.29. The van der Waals surface area contributed by atoms with Crippen molar-refractivity contribution in [1.82, 2.24) is 14.8 Å². The van der Waals surface area contributed by atoms with Gasteiger partial charge in [0, 0.05) is 23.2 Å². The minimum absolute atomic E-state index is 0.0121. The number of hydrogen-bond acceptors (Lipinski definition) is 5. The summed E-state index contributed by atoms with van der Waals surface area (Å²) in [6.45, 7) is 5.01. The van der Waals surface area contributed by atoms with Gasteiger partial charge in [-0.25, -0.2) is 4.98 Å². The van der Waals surface area contributed by atoms with Crippen LogP contribution in [-0.4, -0.2) is 52.8 Å². The zero-order chi connectivity index (χ0) is 18.7. The third kappa shape index (κ3) is 3.72. The second-order valence-corrected chi connectivity index (χ2v) is 7.44. The van der Waals surface area contributed by atoms with Gasteiger partial charge in [0.1, 0.15) is 16.8 Å². The number of aromatic nitrogens is 1. The number of ether oxygens (including phenoxy) is 1. The van der Waals surface area contributed by atoms with Crippen molar-refractivity contribution in [2.75, 3.05) is 20.2 Å². The molecule has 0 aliphatic carbocycles. The van der Waals surface area contributed by atoms with Gasteiger partial charge in [0.2, 0.25) is 11.8 Å². The van der Waals surface area contributed by atoms with E-state index in [2.05, 4.69) is 4.98 Å². The molecule has 1 atom stereocenters. The Balaban J connectivity index is 1.74. The third-order valence-electron chi connectivity index (χ3n) is 4.47. The number of rotatable bonds is 6. The number of carbonyl (C=O) groups excluding carboxylic acids is 2. The van der Waals surface area contributed by atoms with Crippen LogP contribution in [0.4, 0.5) is 0 Å². The average Bonchev–Trinajstić information content (AvgIpc) is 3.12. The summed E-state index contributed by atoms with van der Waals surface area (Å²) in [6, 6.07) is 7.28. The summed E-state index contributed by atoms with van der Waals surface area (Å²) in [4.78, 5) is 33.7. The van der Waals surface area contributed by atoms with Crippen LogP contribution in [0.5, 0.6) is 5.75 Å². The van der Waals surface area contributed by atoms with Crippen LogP contribution in [0, 0.1) is 0 Å². The minimum atomic E-state index is -0.440. The number of amides is 2. The van der Waals surface area contributed by atoms with Gasteiger partial charge in [0.15, 0.2) is 0 Å². The van der Waals surface area contributed by atoms with Gasteiger partial charge in [-0.2, -0.15) is 0 Å². The zero-order valence-electron chi connectivity index (χ0n) is 15.3. The van der Waals surface area contributed by atoms with Gasteiger partial charge in [-0.3, -0.25) is 9.59 Å². The predicted octanol–water partition coefficient (Wildman–Crippen LogP) is 2.79. The predicted molar refractivity (Wildman–Crippen MR) is 101 cm³/mol. The standard InChI is InChI=1S/C19H23N3O3S/c1-4-8-21-12-17(23)22(13(2)19(21)24)11-16-10-20-18(26-16)14-6-5-7-15(9-14)25-3/h5-7,9-10,13H,4,8,11-12H2,1-3H3/t13-/m0/s1. The molecule has 1 aliphatic heterocycles. The molecule has 1 aromatic carbocycles. The first kappa shape index (κ1) is 18.4. The van der Waals surface area contributed by atoms with E-state index in [1.165, 1.54) is 11.3 Å². The normalized spacial score (nSPS) is 17.7. The van der Waals surface area contributed by atoms with Crippen molar-refractivity contribution in [1.29, 1.82) is 0 Å². The molecule has 1 saturated heterocycles. The van der Waals surface area contributed by atoms with E-state index in [1.54, 1.807) is 30.0 Å².